The van der Waals surface area contributed by atoms with E-state index in [0.29, 0.717) is 5.56 Å². The van der Waals surface area contributed by atoms with Crippen LogP contribution in [0, 0.1) is 37.2 Å². The average Bonchev–Trinajstić information content (AvgIpc) is 3.43. The van der Waals surface area contributed by atoms with Crippen LogP contribution in [0.1, 0.15) is 37.5 Å². The minimum atomic E-state index is -1.27. The molecule has 0 unspecified atom stereocenters. The molecule has 0 saturated carbocycles. The summed E-state index contributed by atoms with van der Waals surface area (Å²) in [6, 6.07) is 36.4. The Morgan fingerprint density at radius 1 is 0.760 bits per heavy atom. The van der Waals surface area contributed by atoms with Crippen LogP contribution in [-0.2, 0) is 26.5 Å². The molecule has 7 aromatic rings. The van der Waals surface area contributed by atoms with Crippen molar-refractivity contribution < 1.29 is 24.5 Å². The molecule has 3 aromatic heterocycles. The molecule has 0 bridgehead atoms. The quantitative estimate of drug-likeness (QED) is 0.127. The van der Waals surface area contributed by atoms with Crippen LogP contribution in [0.15, 0.2) is 103 Å². The number of hydrogen-bond acceptors (Lipinski definition) is 3. The zero-order valence-corrected chi connectivity index (χ0v) is 34.2. The van der Waals surface area contributed by atoms with Gasteiger partial charge in [-0.25, -0.2) is 4.39 Å². The first kappa shape index (κ1) is 37.5. The van der Waals surface area contributed by atoms with Gasteiger partial charge < -0.3 is 9.97 Å². The zero-order valence-electron chi connectivity index (χ0n) is 30.0. The third kappa shape index (κ3) is 8.38. The van der Waals surface area contributed by atoms with E-state index >= 15 is 4.39 Å². The summed E-state index contributed by atoms with van der Waals surface area (Å²) in [7, 11) is -1.27. The molecule has 4 aromatic carbocycles. The van der Waals surface area contributed by atoms with Crippen molar-refractivity contribution in [2.24, 2.45) is 5.41 Å². The van der Waals surface area contributed by atoms with E-state index in [2.05, 4.69) is 102 Å². The number of benzene rings is 4. The number of halogens is 1. The second kappa shape index (κ2) is 15.2. The van der Waals surface area contributed by atoms with Gasteiger partial charge in [0.15, 0.2) is 0 Å². The van der Waals surface area contributed by atoms with Gasteiger partial charge in [-0.05, 0) is 75.6 Å². The van der Waals surface area contributed by atoms with E-state index < -0.39 is 8.07 Å². The molecule has 257 valence electrons. The second-order valence-corrected chi connectivity index (χ2v) is 21.2. The number of fused-ring (bicyclic) bond motifs is 3. The standard InChI is InChI=1S/C29H25FNS.C15H18NSi.Ir/c1-18-17-31-24(15-21(18)16-29(2,3)4)20-10-12-25-22(14-20)28-26(32-25)13-11-23(30)27(28)19-8-6-5-7-9-19;1-12-10-14(13-8-6-5-7-9-13)16-11-15(12)17(2,3)4;/h5-9,11-15,17H,16H2,1-4H3;5-8,10-11H,1-4H3;/q2*-1;. The average molecular weight is 871 g/mol. The first-order valence-corrected chi connectivity index (χ1v) is 21.1. The third-order valence-corrected chi connectivity index (χ3v) is 12.0. The molecular weight excluding hydrogens is 828 g/mol. The molecule has 50 heavy (non-hydrogen) atoms. The number of rotatable bonds is 5. The van der Waals surface area contributed by atoms with Crippen molar-refractivity contribution in [3.8, 4) is 33.6 Å². The first-order valence-electron chi connectivity index (χ1n) is 16.8. The van der Waals surface area contributed by atoms with Gasteiger partial charge in [0.1, 0.15) is 5.82 Å². The second-order valence-electron chi connectivity index (χ2n) is 15.0. The Morgan fingerprint density at radius 2 is 1.46 bits per heavy atom. The Morgan fingerprint density at radius 3 is 2.12 bits per heavy atom. The largest absolute Gasteiger partial charge is 0.305 e. The molecule has 0 fully saturated rings. The maximum absolute atomic E-state index is 15.1. The number of hydrogen-bond donors (Lipinski definition) is 0. The molecule has 2 nitrogen and oxygen atoms in total. The summed E-state index contributed by atoms with van der Waals surface area (Å²) in [5.41, 5.74) is 9.56. The topological polar surface area (TPSA) is 25.8 Å². The van der Waals surface area contributed by atoms with Gasteiger partial charge in [0.2, 0.25) is 0 Å². The summed E-state index contributed by atoms with van der Waals surface area (Å²) >= 11 is 1.68. The molecule has 0 spiro atoms. The normalized spacial score (nSPS) is 11.6. The Kier molecular flexibility index (Phi) is 11.4. The molecule has 0 aliphatic heterocycles. The third-order valence-electron chi connectivity index (χ3n) is 8.70. The van der Waals surface area contributed by atoms with Gasteiger partial charge >= 0.3 is 0 Å². The van der Waals surface area contributed by atoms with Crippen LogP contribution in [0.4, 0.5) is 4.39 Å². The SMILES string of the molecule is Cc1cc(-c2[c-]cccc2)ncc1[Si](C)(C)C.Cc1cnc(-c2[c-]cc3sc4ccc(F)c(-c5ccccc5)c4c3c2)cc1CC(C)(C)C.[Ir]. The van der Waals surface area contributed by atoms with Crippen LogP contribution in [0.2, 0.25) is 19.6 Å². The van der Waals surface area contributed by atoms with E-state index in [1.165, 1.54) is 21.9 Å². The van der Waals surface area contributed by atoms with Gasteiger partial charge in [0.25, 0.3) is 0 Å². The van der Waals surface area contributed by atoms with Crippen molar-refractivity contribution in [1.82, 2.24) is 9.97 Å². The van der Waals surface area contributed by atoms with Gasteiger partial charge in [0, 0.05) is 42.8 Å². The molecule has 6 heteroatoms. The van der Waals surface area contributed by atoms with Crippen molar-refractivity contribution in [1.29, 1.82) is 0 Å². The van der Waals surface area contributed by atoms with E-state index in [0.717, 1.165) is 54.7 Å². The van der Waals surface area contributed by atoms with Crippen LogP contribution in [0.5, 0.6) is 0 Å². The first-order chi connectivity index (χ1) is 23.3. The maximum Gasteiger partial charge on any atom is 0.131 e. The monoisotopic (exact) mass is 871 g/mol. The molecule has 0 amide bonds. The number of nitrogens with zero attached hydrogens (tertiary/aromatic N) is 2. The predicted octanol–water partition coefficient (Wildman–Crippen LogP) is 12.0. The van der Waals surface area contributed by atoms with E-state index in [4.69, 9.17) is 4.98 Å². The predicted molar refractivity (Wildman–Crippen MR) is 211 cm³/mol. The van der Waals surface area contributed by atoms with Crippen LogP contribution in [0.3, 0.4) is 0 Å². The Bertz CT molecular complexity index is 2250. The molecule has 0 N–H and O–H groups in total. The smallest absolute Gasteiger partial charge is 0.131 e. The van der Waals surface area contributed by atoms with Gasteiger partial charge in [0.05, 0.1) is 8.07 Å². The molecule has 0 aliphatic carbocycles. The molecule has 1 radical (unpaired) electrons. The van der Waals surface area contributed by atoms with E-state index in [1.54, 1.807) is 17.4 Å². The van der Waals surface area contributed by atoms with Gasteiger partial charge in [-0.15, -0.1) is 59.7 Å². The minimum absolute atomic E-state index is 0. The number of aromatic nitrogens is 2. The molecule has 0 saturated heterocycles. The van der Waals surface area contributed by atoms with Gasteiger partial charge in [-0.2, -0.15) is 11.3 Å². The van der Waals surface area contributed by atoms with Crippen molar-refractivity contribution in [2.45, 2.75) is 60.7 Å². The fourth-order valence-corrected chi connectivity index (χ4v) is 9.12. The maximum atomic E-state index is 15.1. The summed E-state index contributed by atoms with van der Waals surface area (Å²) in [4.78, 5) is 9.29. The zero-order chi connectivity index (χ0) is 34.9. The number of pyridine rings is 2. The Hall–Kier alpha value is -3.80. The summed E-state index contributed by atoms with van der Waals surface area (Å²) in [6.45, 7) is 18.1. The van der Waals surface area contributed by atoms with Crippen molar-refractivity contribution in [2.75, 3.05) is 0 Å². The molecule has 0 aliphatic rings. The molecule has 7 rings (SSSR count). The van der Waals surface area contributed by atoms with Crippen molar-refractivity contribution in [3.63, 3.8) is 0 Å². The van der Waals surface area contributed by atoms with Crippen LogP contribution in [-0.4, -0.2) is 18.0 Å². The number of aryl methyl sites for hydroxylation is 2. The fourth-order valence-electron chi connectivity index (χ4n) is 6.34. The van der Waals surface area contributed by atoms with Crippen LogP contribution in [0.25, 0.3) is 53.8 Å². The molecule has 0 atom stereocenters. The van der Waals surface area contributed by atoms with Crippen LogP contribution < -0.4 is 5.19 Å². The van der Waals surface area contributed by atoms with E-state index in [1.807, 2.05) is 66.9 Å². The Balaban J connectivity index is 0.000000229. The van der Waals surface area contributed by atoms with E-state index in [-0.39, 0.29) is 31.3 Å². The number of thiophene rings is 1. The van der Waals surface area contributed by atoms with Gasteiger partial charge in [-0.1, -0.05) is 99.4 Å². The fraction of sp³-hybridized carbons (Fsp3) is 0.227. The minimum Gasteiger partial charge on any atom is -0.305 e. The molecule has 3 heterocycles. The summed E-state index contributed by atoms with van der Waals surface area (Å²) in [6.07, 6.45) is 4.99. The van der Waals surface area contributed by atoms with Crippen molar-refractivity contribution in [3.05, 3.63) is 138 Å². The summed E-state index contributed by atoms with van der Waals surface area (Å²) in [5, 5.41) is 3.46. The van der Waals surface area contributed by atoms with E-state index in [9.17, 15) is 0 Å². The summed E-state index contributed by atoms with van der Waals surface area (Å²) in [5.74, 6) is -0.196. The molecular formula is C44H43FIrN2SSi-2. The van der Waals surface area contributed by atoms with Crippen LogP contribution >= 0.6 is 11.3 Å². The van der Waals surface area contributed by atoms with Gasteiger partial charge in [-0.3, -0.25) is 0 Å². The Labute approximate surface area is 315 Å². The van der Waals surface area contributed by atoms with Crippen molar-refractivity contribution >= 4 is 44.8 Å². The summed E-state index contributed by atoms with van der Waals surface area (Å²) < 4.78 is 17.3.